The van der Waals surface area contributed by atoms with E-state index in [1.54, 1.807) is 0 Å². The van der Waals surface area contributed by atoms with Crippen molar-refractivity contribution < 1.29 is 4.74 Å². The molecule has 0 heterocycles. The van der Waals surface area contributed by atoms with Crippen LogP contribution in [0.4, 0.5) is 0 Å². The Morgan fingerprint density at radius 1 is 0.909 bits per heavy atom. The Morgan fingerprint density at radius 3 is 2.41 bits per heavy atom. The number of nitrogens with one attached hydrogen (secondary N) is 1. The zero-order valence-electron chi connectivity index (χ0n) is 13.8. The van der Waals surface area contributed by atoms with Crippen LogP contribution in [0.1, 0.15) is 42.9 Å². The van der Waals surface area contributed by atoms with E-state index in [0.29, 0.717) is 6.61 Å². The van der Waals surface area contributed by atoms with Gasteiger partial charge in [-0.1, -0.05) is 62.2 Å². The second kappa shape index (κ2) is 9.26. The molecule has 0 fully saturated rings. The summed E-state index contributed by atoms with van der Waals surface area (Å²) in [5.41, 5.74) is 3.75. The van der Waals surface area contributed by atoms with Gasteiger partial charge in [-0.15, -0.1) is 0 Å². The molecule has 22 heavy (non-hydrogen) atoms. The number of benzene rings is 2. The SMILES string of the molecule is CCCCCNCc1ccccc1OCc1ccccc1C. The van der Waals surface area contributed by atoms with Crippen LogP contribution in [0.25, 0.3) is 0 Å². The van der Waals surface area contributed by atoms with Gasteiger partial charge in [-0.2, -0.15) is 0 Å². The highest BCUT2D eigenvalue weighted by molar-refractivity contribution is 5.34. The molecular formula is C20H27NO. The van der Waals surface area contributed by atoms with Gasteiger partial charge in [0, 0.05) is 12.1 Å². The lowest BCUT2D eigenvalue weighted by Gasteiger charge is -2.13. The zero-order chi connectivity index (χ0) is 15.6. The summed E-state index contributed by atoms with van der Waals surface area (Å²) >= 11 is 0. The van der Waals surface area contributed by atoms with Gasteiger partial charge >= 0.3 is 0 Å². The summed E-state index contributed by atoms with van der Waals surface area (Å²) in [4.78, 5) is 0. The standard InChI is InChI=1S/C20H27NO/c1-3-4-9-14-21-15-18-11-7-8-13-20(18)22-16-19-12-6-5-10-17(19)2/h5-8,10-13,21H,3-4,9,14-16H2,1-2H3. The highest BCUT2D eigenvalue weighted by Crippen LogP contribution is 2.20. The summed E-state index contributed by atoms with van der Waals surface area (Å²) in [6.07, 6.45) is 3.79. The molecule has 0 spiro atoms. The fourth-order valence-corrected chi connectivity index (χ4v) is 2.44. The lowest BCUT2D eigenvalue weighted by Crippen LogP contribution is -2.15. The minimum atomic E-state index is 0.625. The monoisotopic (exact) mass is 297 g/mol. The first kappa shape index (κ1) is 16.6. The van der Waals surface area contributed by atoms with E-state index < -0.39 is 0 Å². The first-order chi connectivity index (χ1) is 10.8. The Balaban J connectivity index is 1.89. The molecule has 0 bridgehead atoms. The van der Waals surface area contributed by atoms with Crippen LogP contribution >= 0.6 is 0 Å². The fourth-order valence-electron chi connectivity index (χ4n) is 2.44. The van der Waals surface area contributed by atoms with Gasteiger partial charge in [0.25, 0.3) is 0 Å². The van der Waals surface area contributed by atoms with Crippen molar-refractivity contribution in [3.05, 3.63) is 65.2 Å². The van der Waals surface area contributed by atoms with Gasteiger partial charge in [-0.25, -0.2) is 0 Å². The number of para-hydroxylation sites is 1. The van der Waals surface area contributed by atoms with Gasteiger partial charge in [0.15, 0.2) is 0 Å². The molecule has 0 saturated heterocycles. The van der Waals surface area contributed by atoms with Crippen LogP contribution < -0.4 is 10.1 Å². The maximum Gasteiger partial charge on any atom is 0.124 e. The van der Waals surface area contributed by atoms with E-state index >= 15 is 0 Å². The van der Waals surface area contributed by atoms with Crippen LogP contribution in [0.3, 0.4) is 0 Å². The van der Waals surface area contributed by atoms with E-state index in [0.717, 1.165) is 18.8 Å². The van der Waals surface area contributed by atoms with Crippen LogP contribution in [0, 0.1) is 6.92 Å². The van der Waals surface area contributed by atoms with Crippen LogP contribution in [0.15, 0.2) is 48.5 Å². The van der Waals surface area contributed by atoms with Crippen LogP contribution in [-0.4, -0.2) is 6.54 Å². The molecule has 0 unspecified atom stereocenters. The van der Waals surface area contributed by atoms with Crippen molar-refractivity contribution >= 4 is 0 Å². The first-order valence-corrected chi connectivity index (χ1v) is 8.27. The molecule has 2 aromatic rings. The van der Waals surface area contributed by atoms with Crippen LogP contribution in [0.2, 0.25) is 0 Å². The summed E-state index contributed by atoms with van der Waals surface area (Å²) in [6, 6.07) is 16.7. The topological polar surface area (TPSA) is 21.3 Å². The number of hydrogen-bond donors (Lipinski definition) is 1. The number of rotatable bonds is 9. The Bertz CT molecular complexity index is 565. The fraction of sp³-hybridized carbons (Fsp3) is 0.400. The molecular weight excluding hydrogens is 270 g/mol. The predicted octanol–water partition coefficient (Wildman–Crippen LogP) is 4.85. The van der Waals surface area contributed by atoms with Gasteiger partial charge in [-0.3, -0.25) is 0 Å². The number of hydrogen-bond acceptors (Lipinski definition) is 2. The van der Waals surface area contributed by atoms with Gasteiger partial charge in [0.05, 0.1) is 0 Å². The Labute approximate surface area is 134 Å². The third-order valence-electron chi connectivity index (χ3n) is 3.89. The van der Waals surface area contributed by atoms with E-state index in [2.05, 4.69) is 61.6 Å². The predicted molar refractivity (Wildman–Crippen MR) is 93.2 cm³/mol. The summed E-state index contributed by atoms with van der Waals surface area (Å²) in [5, 5.41) is 3.51. The normalized spacial score (nSPS) is 10.6. The lowest BCUT2D eigenvalue weighted by molar-refractivity contribution is 0.301. The molecule has 0 aliphatic heterocycles. The van der Waals surface area contributed by atoms with E-state index in [4.69, 9.17) is 4.74 Å². The summed E-state index contributed by atoms with van der Waals surface area (Å²) in [7, 11) is 0. The van der Waals surface area contributed by atoms with Crippen molar-refractivity contribution in [1.29, 1.82) is 0 Å². The molecule has 0 aliphatic carbocycles. The maximum absolute atomic E-state index is 6.04. The van der Waals surface area contributed by atoms with E-state index in [1.165, 1.54) is 36.0 Å². The number of ether oxygens (including phenoxy) is 1. The van der Waals surface area contributed by atoms with Gasteiger partial charge in [0.1, 0.15) is 12.4 Å². The summed E-state index contributed by atoms with van der Waals surface area (Å²) in [5.74, 6) is 0.980. The highest BCUT2D eigenvalue weighted by atomic mass is 16.5. The van der Waals surface area contributed by atoms with Gasteiger partial charge in [0.2, 0.25) is 0 Å². The Kier molecular flexibility index (Phi) is 6.98. The molecule has 1 N–H and O–H groups in total. The Hall–Kier alpha value is -1.80. The van der Waals surface area contributed by atoms with E-state index in [-0.39, 0.29) is 0 Å². The minimum absolute atomic E-state index is 0.625. The number of unbranched alkanes of at least 4 members (excludes halogenated alkanes) is 2. The van der Waals surface area contributed by atoms with Crippen molar-refractivity contribution in [2.45, 2.75) is 46.3 Å². The molecule has 118 valence electrons. The molecule has 0 radical (unpaired) electrons. The first-order valence-electron chi connectivity index (χ1n) is 8.27. The second-order valence-electron chi connectivity index (χ2n) is 5.71. The van der Waals surface area contributed by atoms with Gasteiger partial charge < -0.3 is 10.1 Å². The lowest BCUT2D eigenvalue weighted by atomic mass is 10.1. The van der Waals surface area contributed by atoms with Crippen molar-refractivity contribution in [3.8, 4) is 5.75 Å². The number of aryl methyl sites for hydroxylation is 1. The van der Waals surface area contributed by atoms with Crippen LogP contribution in [0.5, 0.6) is 5.75 Å². The molecule has 0 aliphatic rings. The van der Waals surface area contributed by atoms with E-state index in [9.17, 15) is 0 Å². The molecule has 2 nitrogen and oxygen atoms in total. The largest absolute Gasteiger partial charge is 0.489 e. The Morgan fingerprint density at radius 2 is 1.64 bits per heavy atom. The smallest absolute Gasteiger partial charge is 0.124 e. The quantitative estimate of drug-likeness (QED) is 0.668. The van der Waals surface area contributed by atoms with E-state index in [1.807, 2.05) is 6.07 Å². The summed E-state index contributed by atoms with van der Waals surface area (Å²) in [6.45, 7) is 6.92. The molecule has 0 aromatic heterocycles. The van der Waals surface area contributed by atoms with Crippen molar-refractivity contribution in [2.24, 2.45) is 0 Å². The minimum Gasteiger partial charge on any atom is -0.489 e. The average molecular weight is 297 g/mol. The van der Waals surface area contributed by atoms with Crippen molar-refractivity contribution in [1.82, 2.24) is 5.32 Å². The maximum atomic E-state index is 6.04. The third-order valence-corrected chi connectivity index (χ3v) is 3.89. The average Bonchev–Trinajstić information content (AvgIpc) is 2.55. The zero-order valence-corrected chi connectivity index (χ0v) is 13.8. The second-order valence-corrected chi connectivity index (χ2v) is 5.71. The van der Waals surface area contributed by atoms with Crippen molar-refractivity contribution in [3.63, 3.8) is 0 Å². The van der Waals surface area contributed by atoms with Gasteiger partial charge in [-0.05, 0) is 37.1 Å². The molecule has 2 rings (SSSR count). The third kappa shape index (κ3) is 5.19. The van der Waals surface area contributed by atoms with Crippen molar-refractivity contribution in [2.75, 3.05) is 6.54 Å². The molecule has 0 saturated carbocycles. The molecule has 0 atom stereocenters. The van der Waals surface area contributed by atoms with Crippen LogP contribution in [-0.2, 0) is 13.2 Å². The molecule has 2 heteroatoms. The summed E-state index contributed by atoms with van der Waals surface area (Å²) < 4.78 is 6.04. The highest BCUT2D eigenvalue weighted by Gasteiger charge is 2.04. The molecule has 0 amide bonds. The molecule has 2 aromatic carbocycles.